The molecule has 34 heavy (non-hydrogen) atoms. The lowest BCUT2D eigenvalue weighted by Gasteiger charge is -2.32. The Kier molecular flexibility index (Phi) is 21.2. The van der Waals surface area contributed by atoms with Gasteiger partial charge in [0, 0.05) is 11.1 Å². The largest absolute Gasteiger partial charge is 1.00 e. The van der Waals surface area contributed by atoms with Crippen LogP contribution >= 0.6 is 0 Å². The molecule has 1 aromatic rings. The molecular weight excluding hydrogens is 548 g/mol. The highest BCUT2D eigenvalue weighted by Gasteiger charge is 2.19. The Balaban J connectivity index is 0. The fourth-order valence-electron chi connectivity index (χ4n) is 4.00. The molecule has 194 valence electrons. The predicted octanol–water partition coefficient (Wildman–Crippen LogP) is 0.491. The van der Waals surface area contributed by atoms with Crippen LogP contribution < -0.4 is 34.0 Å². The maximum absolute atomic E-state index is 3.47. The molecule has 0 aliphatic rings. The second-order valence-corrected chi connectivity index (χ2v) is 10.0. The highest BCUT2D eigenvalue weighted by atomic mass is 79.9. The molecule has 0 heterocycles. The Morgan fingerprint density at radius 3 is 1.03 bits per heavy atom. The highest BCUT2D eigenvalue weighted by Crippen LogP contribution is 2.10. The fourth-order valence-corrected chi connectivity index (χ4v) is 4.00. The summed E-state index contributed by atoms with van der Waals surface area (Å²) in [4.78, 5) is 0. The predicted molar refractivity (Wildman–Crippen MR) is 141 cm³/mol. The second-order valence-electron chi connectivity index (χ2n) is 10.0. The Morgan fingerprint density at radius 1 is 0.529 bits per heavy atom. The van der Waals surface area contributed by atoms with E-state index in [4.69, 9.17) is 0 Å². The standard InChI is InChI=1S/C30H50N2.2BrH/c1-7-11-23-31(5,24-12-8-2)27-15-17-29-19-21-30(22-20-29)18-16-28-32(6,25-13-9-3)26-14-10-4;;/h19-22H,7-14,23-28H2,1-6H3;2*1H/q+2;;/p-2. The van der Waals surface area contributed by atoms with Crippen molar-refractivity contribution >= 4 is 0 Å². The highest BCUT2D eigenvalue weighted by molar-refractivity contribution is 5.41. The van der Waals surface area contributed by atoms with Crippen LogP contribution in [0.3, 0.4) is 0 Å². The van der Waals surface area contributed by atoms with Gasteiger partial charge in [-0.2, -0.15) is 0 Å². The maximum Gasteiger partial charge on any atom is 0.141 e. The Morgan fingerprint density at radius 2 is 0.794 bits per heavy atom. The third-order valence-electron chi connectivity index (χ3n) is 6.48. The van der Waals surface area contributed by atoms with Crippen molar-refractivity contribution in [2.75, 3.05) is 53.4 Å². The zero-order valence-electron chi connectivity index (χ0n) is 22.9. The molecule has 0 saturated carbocycles. The van der Waals surface area contributed by atoms with Gasteiger partial charge in [-0.15, -0.1) is 0 Å². The van der Waals surface area contributed by atoms with E-state index >= 15 is 0 Å². The number of quaternary nitrogens is 2. The van der Waals surface area contributed by atoms with Gasteiger partial charge in [0.1, 0.15) is 13.1 Å². The lowest BCUT2D eigenvalue weighted by molar-refractivity contribution is -0.903. The second kappa shape index (κ2) is 20.4. The van der Waals surface area contributed by atoms with Crippen LogP contribution in [0.2, 0.25) is 0 Å². The topological polar surface area (TPSA) is 0 Å². The van der Waals surface area contributed by atoms with E-state index in [9.17, 15) is 0 Å². The summed E-state index contributed by atoms with van der Waals surface area (Å²) in [7, 11) is 4.73. The molecule has 0 aromatic heterocycles. The number of nitrogens with zero attached hydrogens (tertiary/aromatic N) is 2. The van der Waals surface area contributed by atoms with Crippen LogP contribution in [0.15, 0.2) is 24.3 Å². The van der Waals surface area contributed by atoms with Crippen LogP contribution in [0.4, 0.5) is 0 Å². The normalized spacial score (nSPS) is 10.8. The third kappa shape index (κ3) is 15.3. The van der Waals surface area contributed by atoms with Crippen molar-refractivity contribution in [1.82, 2.24) is 0 Å². The number of hydrogen-bond donors (Lipinski definition) is 0. The summed E-state index contributed by atoms with van der Waals surface area (Å²) < 4.78 is 2.15. The van der Waals surface area contributed by atoms with Gasteiger partial charge in [-0.3, -0.25) is 0 Å². The van der Waals surface area contributed by atoms with Crippen LogP contribution in [-0.2, 0) is 0 Å². The summed E-state index contributed by atoms with van der Waals surface area (Å²) in [5, 5.41) is 0. The Bertz CT molecular complexity index is 669. The number of hydrogen-bond acceptors (Lipinski definition) is 0. The van der Waals surface area contributed by atoms with Crippen molar-refractivity contribution in [3.8, 4) is 23.7 Å². The van der Waals surface area contributed by atoms with Gasteiger partial charge in [0.25, 0.3) is 0 Å². The number of benzene rings is 1. The van der Waals surface area contributed by atoms with E-state index in [2.05, 4.69) is 89.7 Å². The quantitative estimate of drug-likeness (QED) is 0.216. The van der Waals surface area contributed by atoms with Gasteiger partial charge >= 0.3 is 0 Å². The van der Waals surface area contributed by atoms with Crippen molar-refractivity contribution < 1.29 is 42.9 Å². The molecule has 0 N–H and O–H groups in total. The summed E-state index contributed by atoms with van der Waals surface area (Å²) in [6.07, 6.45) is 10.1. The van der Waals surface area contributed by atoms with Crippen molar-refractivity contribution in [2.45, 2.75) is 79.1 Å². The van der Waals surface area contributed by atoms with Gasteiger partial charge in [0.05, 0.1) is 40.3 Å². The Labute approximate surface area is 233 Å². The zero-order valence-corrected chi connectivity index (χ0v) is 26.0. The van der Waals surface area contributed by atoms with E-state index < -0.39 is 0 Å². The van der Waals surface area contributed by atoms with Gasteiger partial charge in [0.15, 0.2) is 0 Å². The number of rotatable bonds is 14. The average Bonchev–Trinajstić information content (AvgIpc) is 2.80. The molecule has 0 amide bonds. The zero-order chi connectivity index (χ0) is 23.7. The summed E-state index contributed by atoms with van der Waals surface area (Å²) in [5.41, 5.74) is 2.19. The van der Waals surface area contributed by atoms with Crippen molar-refractivity contribution in [3.63, 3.8) is 0 Å². The summed E-state index contributed by atoms with van der Waals surface area (Å²) >= 11 is 0. The van der Waals surface area contributed by atoms with Crippen LogP contribution in [0, 0.1) is 23.7 Å². The SMILES string of the molecule is CCCC[N+](C)(CC#Cc1ccc(C#CC[N+](C)(CCCC)CCCC)cc1)CCCC.[Br-].[Br-]. The van der Waals surface area contributed by atoms with Crippen LogP contribution in [0.25, 0.3) is 0 Å². The van der Waals surface area contributed by atoms with E-state index in [1.807, 2.05) is 0 Å². The van der Waals surface area contributed by atoms with Gasteiger partial charge in [-0.05, 0) is 61.8 Å². The van der Waals surface area contributed by atoms with Crippen LogP contribution in [0.1, 0.15) is 90.2 Å². The third-order valence-corrected chi connectivity index (χ3v) is 6.48. The van der Waals surface area contributed by atoms with E-state index in [1.165, 1.54) is 77.5 Å². The Hall–Kier alpha value is -0.780. The number of halogens is 2. The lowest BCUT2D eigenvalue weighted by atomic mass is 10.1. The smallest absolute Gasteiger partial charge is 0.141 e. The molecule has 0 atom stereocenters. The van der Waals surface area contributed by atoms with E-state index in [1.54, 1.807) is 0 Å². The molecule has 4 heteroatoms. The summed E-state index contributed by atoms with van der Waals surface area (Å²) in [5.74, 6) is 13.7. The summed E-state index contributed by atoms with van der Waals surface area (Å²) in [6.45, 7) is 15.9. The number of unbranched alkanes of at least 4 members (excludes halogenated alkanes) is 4. The van der Waals surface area contributed by atoms with Gasteiger partial charge < -0.3 is 42.9 Å². The van der Waals surface area contributed by atoms with Gasteiger partial charge in [-0.25, -0.2) is 0 Å². The molecule has 0 radical (unpaired) electrons. The molecule has 0 unspecified atom stereocenters. The van der Waals surface area contributed by atoms with Gasteiger partial charge in [0.2, 0.25) is 0 Å². The van der Waals surface area contributed by atoms with Crippen LogP contribution in [0.5, 0.6) is 0 Å². The minimum atomic E-state index is 0. The first-order valence-corrected chi connectivity index (χ1v) is 13.1. The minimum Gasteiger partial charge on any atom is -1.00 e. The summed E-state index contributed by atoms with van der Waals surface area (Å²) in [6, 6.07) is 8.51. The maximum atomic E-state index is 3.47. The molecule has 0 saturated heterocycles. The molecular formula is C30H50Br2N2. The van der Waals surface area contributed by atoms with Crippen molar-refractivity contribution in [1.29, 1.82) is 0 Å². The van der Waals surface area contributed by atoms with Crippen molar-refractivity contribution in [3.05, 3.63) is 35.4 Å². The molecule has 0 fully saturated rings. The minimum absolute atomic E-state index is 0. The first-order chi connectivity index (χ1) is 15.4. The molecule has 1 rings (SSSR count). The molecule has 0 aliphatic carbocycles. The average molecular weight is 599 g/mol. The molecule has 0 aliphatic heterocycles. The molecule has 0 bridgehead atoms. The van der Waals surface area contributed by atoms with Crippen LogP contribution in [-0.4, -0.2) is 62.3 Å². The molecule has 0 spiro atoms. The monoisotopic (exact) mass is 596 g/mol. The van der Waals surface area contributed by atoms with Gasteiger partial charge in [-0.1, -0.05) is 65.2 Å². The first kappa shape index (κ1) is 35.4. The first-order valence-electron chi connectivity index (χ1n) is 13.1. The lowest BCUT2D eigenvalue weighted by Crippen LogP contribution is -3.00. The van der Waals surface area contributed by atoms with E-state index in [-0.39, 0.29) is 34.0 Å². The fraction of sp³-hybridized carbons (Fsp3) is 0.667. The van der Waals surface area contributed by atoms with E-state index in [0.717, 1.165) is 33.2 Å². The molecule has 1 aromatic carbocycles. The van der Waals surface area contributed by atoms with E-state index in [0.29, 0.717) is 0 Å². The molecule has 2 nitrogen and oxygen atoms in total. The van der Waals surface area contributed by atoms with Crippen molar-refractivity contribution in [2.24, 2.45) is 0 Å².